The van der Waals surface area contributed by atoms with Crippen molar-refractivity contribution < 1.29 is 0 Å². The molecule has 450 valence electrons. The van der Waals surface area contributed by atoms with Gasteiger partial charge in [-0.2, -0.15) is 0 Å². The first-order valence-electron chi connectivity index (χ1n) is 32.1. The highest BCUT2D eigenvalue weighted by atomic mass is 14.8. The van der Waals surface area contributed by atoms with Crippen molar-refractivity contribution in [2.24, 2.45) is 0 Å². The summed E-state index contributed by atoms with van der Waals surface area (Å²) in [6, 6.07) is 48.8. The number of hydrogen-bond acceptors (Lipinski definition) is 4. The minimum Gasteiger partial charge on any atom is -0.354 e. The highest BCUT2D eigenvalue weighted by Gasteiger charge is 2.24. The van der Waals surface area contributed by atoms with Gasteiger partial charge in [-0.15, -0.1) is 0 Å². The molecule has 7 aromatic carbocycles. The lowest BCUT2D eigenvalue weighted by Gasteiger charge is -2.18. The summed E-state index contributed by atoms with van der Waals surface area (Å²) < 4.78 is 0. The van der Waals surface area contributed by atoms with E-state index < -0.39 is 0 Å². The van der Waals surface area contributed by atoms with Crippen LogP contribution in [0.25, 0.3) is 135 Å². The Morgan fingerprint density at radius 2 is 0.587 bits per heavy atom. The molecule has 0 unspecified atom stereocenters. The molecule has 0 atom stereocenters. The molecule has 0 amide bonds. The Balaban J connectivity index is 0.930. The summed E-state index contributed by atoms with van der Waals surface area (Å²) >= 11 is 0. The van der Waals surface area contributed by atoms with Crippen LogP contribution in [0.2, 0.25) is 0 Å². The van der Waals surface area contributed by atoms with Crippen LogP contribution in [0.3, 0.4) is 0 Å². The van der Waals surface area contributed by atoms with Crippen molar-refractivity contribution in [3.63, 3.8) is 0 Å². The maximum atomic E-state index is 5.71. The predicted octanol–water partition coefficient (Wildman–Crippen LogP) is 22.1. The largest absolute Gasteiger partial charge is 0.354 e. The molecule has 92 heavy (non-hydrogen) atoms. The average molecular weight is 1190 g/mol. The Kier molecular flexibility index (Phi) is 14.6. The standard InChI is InChI=1S/C86H76N6/c1-45-37-49(5)76(50(6)38-45)66-27-24-63-22-23-64-25-28-67(92-86(64)85(63)91-66)80-59(15)57(13)65(58(14)60(80)16)26-19-61-17-20-62(21-18-61)81-68-29-31-70(87-68)82(77-51(7)39-46(2)40-52(77)8)72-33-35-74(89-72)84(79-55(11)43-48(4)44-56(79)12)75-36-34-73(90-75)83(71-32-30-69(81)88-71)78-53(9)41-47(3)42-54(78)10/h17-18,20-25,27-44,87,90H,1-16H3. The number of aryl methyl sites for hydroxylation is 12. The topological polar surface area (TPSA) is 83.1 Å². The van der Waals surface area contributed by atoms with Gasteiger partial charge >= 0.3 is 0 Å². The molecule has 12 aromatic rings. The van der Waals surface area contributed by atoms with Crippen molar-refractivity contribution in [2.75, 3.05) is 0 Å². The van der Waals surface area contributed by atoms with E-state index in [-0.39, 0.29) is 0 Å². The maximum Gasteiger partial charge on any atom is 0.0972 e. The number of H-pyrrole nitrogens is 2. The molecule has 5 aromatic heterocycles. The maximum absolute atomic E-state index is 5.71. The molecular formula is C86H76N6. The molecule has 2 aliphatic heterocycles. The Morgan fingerprint density at radius 1 is 0.272 bits per heavy atom. The zero-order valence-corrected chi connectivity index (χ0v) is 55.8. The Morgan fingerprint density at radius 3 is 0.957 bits per heavy atom. The summed E-state index contributed by atoms with van der Waals surface area (Å²) in [6.45, 7) is 35.2. The highest BCUT2D eigenvalue weighted by molar-refractivity contribution is 6.05. The number of nitrogens with one attached hydrogen (secondary N) is 2. The van der Waals surface area contributed by atoms with Crippen molar-refractivity contribution in [1.82, 2.24) is 29.9 Å². The van der Waals surface area contributed by atoms with Crippen LogP contribution < -0.4 is 0 Å². The molecule has 0 aliphatic carbocycles. The molecule has 0 saturated carbocycles. The molecule has 0 saturated heterocycles. The van der Waals surface area contributed by atoms with E-state index in [0.717, 1.165) is 134 Å². The van der Waals surface area contributed by atoms with Gasteiger partial charge in [0.25, 0.3) is 0 Å². The average Bonchev–Trinajstić information content (AvgIpc) is 1.29. The van der Waals surface area contributed by atoms with Gasteiger partial charge in [0.15, 0.2) is 0 Å². The van der Waals surface area contributed by atoms with Gasteiger partial charge in [-0.25, -0.2) is 19.9 Å². The number of pyridine rings is 2. The molecule has 8 bridgehead atoms. The number of aromatic nitrogens is 6. The van der Waals surface area contributed by atoms with E-state index in [1.165, 1.54) is 100 Å². The number of aromatic amines is 2. The summed E-state index contributed by atoms with van der Waals surface area (Å²) in [5.74, 6) is 7.29. The van der Waals surface area contributed by atoms with Crippen molar-refractivity contribution in [1.29, 1.82) is 0 Å². The smallest absolute Gasteiger partial charge is 0.0972 e. The second-order valence-corrected chi connectivity index (χ2v) is 26.3. The number of rotatable bonds is 6. The molecular weight excluding hydrogens is 1120 g/mol. The third kappa shape index (κ3) is 10.2. The lowest BCUT2D eigenvalue weighted by molar-refractivity contribution is 1.21. The highest BCUT2D eigenvalue weighted by Crippen LogP contribution is 2.44. The van der Waals surface area contributed by atoms with E-state index in [0.29, 0.717) is 0 Å². The normalized spacial score (nSPS) is 12.0. The lowest BCUT2D eigenvalue weighted by Crippen LogP contribution is -2.02. The quantitative estimate of drug-likeness (QED) is 0.128. The third-order valence-corrected chi connectivity index (χ3v) is 19.4. The molecule has 14 rings (SSSR count). The third-order valence-electron chi connectivity index (χ3n) is 19.4. The van der Waals surface area contributed by atoms with E-state index in [1.807, 2.05) is 0 Å². The van der Waals surface area contributed by atoms with Gasteiger partial charge in [-0.1, -0.05) is 119 Å². The molecule has 2 N–H and O–H groups in total. The van der Waals surface area contributed by atoms with Crippen LogP contribution in [-0.4, -0.2) is 29.9 Å². The number of benzene rings is 7. The van der Waals surface area contributed by atoms with E-state index in [1.54, 1.807) is 0 Å². The van der Waals surface area contributed by atoms with Crippen molar-refractivity contribution in [2.45, 2.75) is 111 Å². The molecule has 0 fully saturated rings. The Hall–Kier alpha value is -10.5. The molecule has 6 nitrogen and oxygen atoms in total. The first-order chi connectivity index (χ1) is 44.2. The molecule has 0 spiro atoms. The van der Waals surface area contributed by atoms with Crippen LogP contribution in [0.15, 0.2) is 133 Å². The zero-order chi connectivity index (χ0) is 64.3. The summed E-state index contributed by atoms with van der Waals surface area (Å²) in [7, 11) is 0. The van der Waals surface area contributed by atoms with Crippen LogP contribution in [0.4, 0.5) is 0 Å². The van der Waals surface area contributed by atoms with E-state index >= 15 is 0 Å². The number of fused-ring (bicyclic) bond motifs is 11. The second-order valence-electron chi connectivity index (χ2n) is 26.3. The summed E-state index contributed by atoms with van der Waals surface area (Å²) in [4.78, 5) is 30.3. The SMILES string of the molecule is Cc1cc(C)c(-c2ccc3ccc4ccc(-c5c(C)c(C)c(C#Cc6ccc(-c7c8nc(c(-c9c(C)cc(C)cc9C)c9ccc([nH]9)c(-c9c(C)cc(C)cc9C)c9nc(c(-c%10c(C)cc(C)cc%10C)c%10ccc7[nH]%10)C=C9)C=C8)cc6)c(C)c5C)nc4c3n2)c(C)c1. The number of nitrogens with zero attached hydrogens (tertiary/aromatic N) is 4. The first kappa shape index (κ1) is 59.2. The van der Waals surface area contributed by atoms with E-state index in [2.05, 4.69) is 290 Å². The van der Waals surface area contributed by atoms with E-state index in [4.69, 9.17) is 19.9 Å². The summed E-state index contributed by atoms with van der Waals surface area (Å²) in [5.41, 5.74) is 43.4. The number of hydrogen-bond donors (Lipinski definition) is 2. The fraction of sp³-hybridized carbons (Fsp3) is 0.186. The molecule has 7 heterocycles. The monoisotopic (exact) mass is 1190 g/mol. The van der Waals surface area contributed by atoms with Gasteiger partial charge in [0, 0.05) is 77.3 Å². The van der Waals surface area contributed by atoms with Crippen molar-refractivity contribution >= 4 is 68.2 Å². The van der Waals surface area contributed by atoms with E-state index in [9.17, 15) is 0 Å². The van der Waals surface area contributed by atoms with Gasteiger partial charge in [0.2, 0.25) is 0 Å². The Bertz CT molecular complexity index is 5330. The molecule has 2 aliphatic rings. The summed E-state index contributed by atoms with van der Waals surface area (Å²) in [5, 5.41) is 2.14. The zero-order valence-electron chi connectivity index (χ0n) is 55.8. The van der Waals surface area contributed by atoms with Gasteiger partial charge in [0.1, 0.15) is 0 Å². The van der Waals surface area contributed by atoms with Gasteiger partial charge in [-0.3, -0.25) is 0 Å². The predicted molar refractivity (Wildman–Crippen MR) is 390 cm³/mol. The van der Waals surface area contributed by atoms with Crippen LogP contribution in [0.1, 0.15) is 123 Å². The van der Waals surface area contributed by atoms with Gasteiger partial charge < -0.3 is 9.97 Å². The first-order valence-corrected chi connectivity index (χ1v) is 32.1. The van der Waals surface area contributed by atoms with Crippen LogP contribution in [0.5, 0.6) is 0 Å². The lowest BCUT2D eigenvalue weighted by atomic mass is 9.87. The Labute approximate surface area is 541 Å². The second kappa shape index (κ2) is 22.8. The van der Waals surface area contributed by atoms with Gasteiger partial charge in [-0.05, 0) is 273 Å². The minimum absolute atomic E-state index is 0.863. The summed E-state index contributed by atoms with van der Waals surface area (Å²) in [6.07, 6.45) is 8.81. The minimum atomic E-state index is 0.863. The molecule has 6 heteroatoms. The van der Waals surface area contributed by atoms with Crippen LogP contribution in [0, 0.1) is 123 Å². The van der Waals surface area contributed by atoms with Crippen molar-refractivity contribution in [3.05, 3.63) is 256 Å². The fourth-order valence-electron chi connectivity index (χ4n) is 15.4. The molecule has 0 radical (unpaired) electrons. The van der Waals surface area contributed by atoms with Crippen molar-refractivity contribution in [3.8, 4) is 78.9 Å². The van der Waals surface area contributed by atoms with Crippen LogP contribution >= 0.6 is 0 Å². The van der Waals surface area contributed by atoms with Gasteiger partial charge in [0.05, 0.1) is 45.2 Å². The van der Waals surface area contributed by atoms with Crippen LogP contribution in [-0.2, 0) is 0 Å². The fourth-order valence-corrected chi connectivity index (χ4v) is 15.4.